The highest BCUT2D eigenvalue weighted by Gasteiger charge is 2.13. The Labute approximate surface area is 122 Å². The first-order chi connectivity index (χ1) is 9.47. The Morgan fingerprint density at radius 2 is 1.90 bits per heavy atom. The molecule has 6 heteroatoms. The molecule has 0 aromatic heterocycles. The maximum atomic E-state index is 10.5. The van der Waals surface area contributed by atoms with Gasteiger partial charge in [0.2, 0.25) is 5.75 Å². The number of halogens is 1. The van der Waals surface area contributed by atoms with Gasteiger partial charge >= 0.3 is 5.97 Å². The average Bonchev–Trinajstić information content (AvgIpc) is 2.42. The van der Waals surface area contributed by atoms with Crippen LogP contribution in [0.5, 0.6) is 17.2 Å². The van der Waals surface area contributed by atoms with E-state index in [2.05, 4.69) is 6.58 Å². The molecule has 0 atom stereocenters. The minimum absolute atomic E-state index is 0.110. The summed E-state index contributed by atoms with van der Waals surface area (Å²) in [4.78, 5) is 10.5. The van der Waals surface area contributed by atoms with Gasteiger partial charge in [0.25, 0.3) is 0 Å². The van der Waals surface area contributed by atoms with Gasteiger partial charge in [-0.3, -0.25) is 0 Å². The summed E-state index contributed by atoms with van der Waals surface area (Å²) in [5.41, 5.74) is 0.609. The maximum absolute atomic E-state index is 10.5. The van der Waals surface area contributed by atoms with E-state index in [1.165, 1.54) is 20.3 Å². The van der Waals surface area contributed by atoms with Crippen molar-refractivity contribution in [1.82, 2.24) is 0 Å². The van der Waals surface area contributed by atoms with E-state index in [0.717, 1.165) is 6.08 Å². The number of benzene rings is 1. The number of hydrogen-bond donors (Lipinski definition) is 1. The molecule has 1 N–H and O–H groups in total. The van der Waals surface area contributed by atoms with Gasteiger partial charge < -0.3 is 19.3 Å². The third-order valence-electron chi connectivity index (χ3n) is 2.27. The van der Waals surface area contributed by atoms with Crippen molar-refractivity contribution in [1.29, 1.82) is 0 Å². The summed E-state index contributed by atoms with van der Waals surface area (Å²) >= 11 is 5.66. The molecule has 0 heterocycles. The number of methoxy groups -OCH3 is 2. The van der Waals surface area contributed by atoms with Crippen molar-refractivity contribution >= 4 is 23.6 Å². The molecule has 0 saturated heterocycles. The van der Waals surface area contributed by atoms with E-state index in [-0.39, 0.29) is 6.61 Å². The van der Waals surface area contributed by atoms with Crippen molar-refractivity contribution < 1.29 is 24.1 Å². The predicted molar refractivity (Wildman–Crippen MR) is 76.7 cm³/mol. The molecule has 0 bridgehead atoms. The fourth-order valence-corrected chi connectivity index (χ4v) is 1.51. The van der Waals surface area contributed by atoms with Gasteiger partial charge in [0.05, 0.1) is 14.2 Å². The SMILES string of the molecule is C=C(Cl)COc1c(OC)cc(/C=C/C(=O)O)cc1OC. The van der Waals surface area contributed by atoms with Gasteiger partial charge in [0.1, 0.15) is 6.61 Å². The van der Waals surface area contributed by atoms with E-state index in [4.69, 9.17) is 30.9 Å². The molecular formula is C14H15ClO5. The predicted octanol–water partition coefficient (Wildman–Crippen LogP) is 2.93. The van der Waals surface area contributed by atoms with Crippen LogP contribution < -0.4 is 14.2 Å². The molecule has 0 fully saturated rings. The molecule has 0 saturated carbocycles. The van der Waals surface area contributed by atoms with Crippen LogP contribution in [-0.2, 0) is 4.79 Å². The number of rotatable bonds is 7. The number of carbonyl (C=O) groups is 1. The summed E-state index contributed by atoms with van der Waals surface area (Å²) in [7, 11) is 2.95. The Kier molecular flexibility index (Phi) is 5.93. The van der Waals surface area contributed by atoms with Gasteiger partial charge in [0, 0.05) is 11.1 Å². The molecule has 0 radical (unpaired) electrons. The fourth-order valence-electron chi connectivity index (χ4n) is 1.46. The highest BCUT2D eigenvalue weighted by molar-refractivity contribution is 6.29. The number of ether oxygens (including phenoxy) is 3. The Bertz CT molecular complexity index is 511. The summed E-state index contributed by atoms with van der Waals surface area (Å²) < 4.78 is 15.9. The molecule has 0 unspecified atom stereocenters. The average molecular weight is 299 g/mol. The summed E-state index contributed by atoms with van der Waals surface area (Å²) in [5.74, 6) is 0.158. The third kappa shape index (κ3) is 4.51. The lowest BCUT2D eigenvalue weighted by Gasteiger charge is -2.15. The number of hydrogen-bond acceptors (Lipinski definition) is 4. The molecule has 0 aliphatic carbocycles. The van der Waals surface area contributed by atoms with Crippen molar-refractivity contribution in [2.45, 2.75) is 0 Å². The molecule has 0 spiro atoms. The molecule has 1 aromatic carbocycles. The van der Waals surface area contributed by atoms with Crippen molar-refractivity contribution in [2.75, 3.05) is 20.8 Å². The van der Waals surface area contributed by atoms with Gasteiger partial charge in [-0.1, -0.05) is 18.2 Å². The zero-order chi connectivity index (χ0) is 15.1. The highest BCUT2D eigenvalue weighted by Crippen LogP contribution is 2.39. The van der Waals surface area contributed by atoms with Gasteiger partial charge in [-0.2, -0.15) is 0 Å². The van der Waals surface area contributed by atoms with Gasteiger partial charge in [0.15, 0.2) is 11.5 Å². The number of aliphatic carboxylic acids is 1. The molecule has 5 nitrogen and oxygen atoms in total. The Morgan fingerprint density at radius 3 is 2.30 bits per heavy atom. The number of carboxylic acids is 1. The van der Waals surface area contributed by atoms with Crippen LogP contribution >= 0.6 is 11.6 Å². The van der Waals surface area contributed by atoms with Gasteiger partial charge in [-0.05, 0) is 23.8 Å². The van der Waals surface area contributed by atoms with E-state index in [0.29, 0.717) is 27.8 Å². The van der Waals surface area contributed by atoms with Crippen LogP contribution in [0.15, 0.2) is 29.8 Å². The first kappa shape index (κ1) is 15.9. The lowest BCUT2D eigenvalue weighted by molar-refractivity contribution is -0.131. The Hall–Kier alpha value is -2.14. The van der Waals surface area contributed by atoms with Crippen molar-refractivity contribution in [2.24, 2.45) is 0 Å². The summed E-state index contributed by atoms with van der Waals surface area (Å²) in [6, 6.07) is 3.27. The van der Waals surface area contributed by atoms with Crippen LogP contribution in [0.25, 0.3) is 6.08 Å². The second-order valence-electron chi connectivity index (χ2n) is 3.73. The standard InChI is InChI=1S/C14H15ClO5/c1-9(15)8-20-14-11(18-2)6-10(4-5-13(16)17)7-12(14)19-3/h4-7H,1,8H2,2-3H3,(H,16,17)/b5-4+. The zero-order valence-corrected chi connectivity index (χ0v) is 11.9. The van der Waals surface area contributed by atoms with Gasteiger partial charge in [-0.15, -0.1) is 0 Å². The second-order valence-corrected chi connectivity index (χ2v) is 4.27. The second kappa shape index (κ2) is 7.45. The van der Waals surface area contributed by atoms with Crippen LogP contribution in [-0.4, -0.2) is 31.9 Å². The molecule has 20 heavy (non-hydrogen) atoms. The molecule has 1 rings (SSSR count). The Morgan fingerprint density at radius 1 is 1.35 bits per heavy atom. The molecule has 1 aromatic rings. The van der Waals surface area contributed by atoms with E-state index in [1.54, 1.807) is 12.1 Å². The third-order valence-corrected chi connectivity index (χ3v) is 2.38. The van der Waals surface area contributed by atoms with Crippen molar-refractivity contribution in [3.05, 3.63) is 35.4 Å². The fraction of sp³-hybridized carbons (Fsp3) is 0.214. The topological polar surface area (TPSA) is 65.0 Å². The summed E-state index contributed by atoms with van der Waals surface area (Å²) in [5, 5.41) is 8.97. The van der Waals surface area contributed by atoms with Crippen LogP contribution in [0.4, 0.5) is 0 Å². The molecule has 108 valence electrons. The quantitative estimate of drug-likeness (QED) is 0.784. The molecule has 0 aliphatic heterocycles. The maximum Gasteiger partial charge on any atom is 0.328 e. The molecule has 0 amide bonds. The molecular weight excluding hydrogens is 284 g/mol. The van der Waals surface area contributed by atoms with E-state index < -0.39 is 5.97 Å². The largest absolute Gasteiger partial charge is 0.493 e. The Balaban J connectivity index is 3.17. The lowest BCUT2D eigenvalue weighted by Crippen LogP contribution is -2.01. The van der Waals surface area contributed by atoms with Crippen LogP contribution in [0.3, 0.4) is 0 Å². The van der Waals surface area contributed by atoms with Crippen molar-refractivity contribution in [3.63, 3.8) is 0 Å². The zero-order valence-electron chi connectivity index (χ0n) is 11.2. The number of carboxylic acid groups (broad SMARTS) is 1. The van der Waals surface area contributed by atoms with Gasteiger partial charge in [-0.25, -0.2) is 4.79 Å². The first-order valence-corrected chi connectivity index (χ1v) is 5.98. The van der Waals surface area contributed by atoms with E-state index in [1.807, 2.05) is 0 Å². The van der Waals surface area contributed by atoms with Crippen LogP contribution in [0.2, 0.25) is 0 Å². The highest BCUT2D eigenvalue weighted by atomic mass is 35.5. The minimum atomic E-state index is -1.04. The summed E-state index contributed by atoms with van der Waals surface area (Å²) in [6.45, 7) is 3.64. The first-order valence-electron chi connectivity index (χ1n) is 5.61. The van der Waals surface area contributed by atoms with Crippen LogP contribution in [0.1, 0.15) is 5.56 Å². The monoisotopic (exact) mass is 298 g/mol. The van der Waals surface area contributed by atoms with Crippen LogP contribution in [0, 0.1) is 0 Å². The van der Waals surface area contributed by atoms with E-state index in [9.17, 15) is 4.79 Å². The molecule has 0 aliphatic rings. The normalized spacial score (nSPS) is 10.3. The van der Waals surface area contributed by atoms with E-state index >= 15 is 0 Å². The minimum Gasteiger partial charge on any atom is -0.493 e. The summed E-state index contributed by atoms with van der Waals surface area (Å²) in [6.07, 6.45) is 2.45. The van der Waals surface area contributed by atoms with Crippen molar-refractivity contribution in [3.8, 4) is 17.2 Å². The lowest BCUT2D eigenvalue weighted by atomic mass is 10.1. The smallest absolute Gasteiger partial charge is 0.328 e.